The molecule has 0 saturated carbocycles. The van der Waals surface area contributed by atoms with Crippen LogP contribution in [0.5, 0.6) is 11.5 Å². The predicted octanol–water partition coefficient (Wildman–Crippen LogP) is 0.353. The van der Waals surface area contributed by atoms with Gasteiger partial charge in [0.15, 0.2) is 0 Å². The normalized spacial score (nSPS) is 11.7. The molecule has 6 nitrogen and oxygen atoms in total. The number of benzene rings is 2. The van der Waals surface area contributed by atoms with Crippen molar-refractivity contribution in [1.29, 1.82) is 0 Å². The highest BCUT2D eigenvalue weighted by Crippen LogP contribution is 2.38. The summed E-state index contributed by atoms with van der Waals surface area (Å²) in [5.74, 6) is -0.126. The SMILES string of the molecule is OCc1c(O)ccc(C(CO)(CO)c2ccc(O)cc2)c1CO. The van der Waals surface area contributed by atoms with Crippen molar-refractivity contribution in [3.05, 3.63) is 58.7 Å². The number of rotatable bonds is 6. The summed E-state index contributed by atoms with van der Waals surface area (Å²) in [4.78, 5) is 0. The summed E-state index contributed by atoms with van der Waals surface area (Å²) in [7, 11) is 0. The second-order valence-corrected chi connectivity index (χ2v) is 5.35. The van der Waals surface area contributed by atoms with E-state index in [0.717, 1.165) is 0 Å². The number of aromatic hydroxyl groups is 2. The van der Waals surface area contributed by atoms with Gasteiger partial charge in [-0.25, -0.2) is 0 Å². The largest absolute Gasteiger partial charge is 0.508 e. The summed E-state index contributed by atoms with van der Waals surface area (Å²) in [5.41, 5.74) is 0.0875. The molecule has 0 spiro atoms. The van der Waals surface area contributed by atoms with Crippen LogP contribution < -0.4 is 0 Å². The molecule has 0 heterocycles. The molecule has 0 aromatic heterocycles. The molecule has 0 aliphatic heterocycles. The van der Waals surface area contributed by atoms with Crippen LogP contribution in [0, 0.1) is 0 Å². The molecule has 2 rings (SSSR count). The Morgan fingerprint density at radius 3 is 1.74 bits per heavy atom. The summed E-state index contributed by atoms with van der Waals surface area (Å²) in [6, 6.07) is 8.84. The maximum absolute atomic E-state index is 9.98. The molecule has 23 heavy (non-hydrogen) atoms. The number of hydrogen-bond donors (Lipinski definition) is 6. The Labute approximate surface area is 133 Å². The molecule has 0 aliphatic rings. The summed E-state index contributed by atoms with van der Waals surface area (Å²) >= 11 is 0. The van der Waals surface area contributed by atoms with Crippen molar-refractivity contribution in [1.82, 2.24) is 0 Å². The van der Waals surface area contributed by atoms with Crippen molar-refractivity contribution in [3.63, 3.8) is 0 Å². The van der Waals surface area contributed by atoms with Gasteiger partial charge >= 0.3 is 0 Å². The Balaban J connectivity index is 2.73. The molecule has 124 valence electrons. The molecular formula is C17H20O6. The molecule has 0 fully saturated rings. The van der Waals surface area contributed by atoms with Crippen molar-refractivity contribution >= 4 is 0 Å². The van der Waals surface area contributed by atoms with Gasteiger partial charge in [-0.15, -0.1) is 0 Å². The Kier molecular flexibility index (Phi) is 5.23. The summed E-state index contributed by atoms with van der Waals surface area (Å²) < 4.78 is 0. The van der Waals surface area contributed by atoms with Crippen LogP contribution >= 0.6 is 0 Å². The summed E-state index contributed by atoms with van der Waals surface area (Å²) in [5, 5.41) is 58.3. The van der Waals surface area contributed by atoms with E-state index in [1.54, 1.807) is 12.1 Å². The third kappa shape index (κ3) is 2.89. The van der Waals surface area contributed by atoms with Crippen LogP contribution in [-0.2, 0) is 18.6 Å². The lowest BCUT2D eigenvalue weighted by Gasteiger charge is -2.33. The minimum atomic E-state index is -1.25. The van der Waals surface area contributed by atoms with E-state index in [9.17, 15) is 30.6 Å². The van der Waals surface area contributed by atoms with Crippen molar-refractivity contribution in [2.75, 3.05) is 13.2 Å². The standard InChI is InChI=1S/C17H20O6/c18-7-13-14(8-19)16(23)6-5-15(13)17(9-20,10-21)11-1-3-12(22)4-2-11/h1-6,18-23H,7-10H2. The first-order chi connectivity index (χ1) is 11.0. The van der Waals surface area contributed by atoms with E-state index in [4.69, 9.17) is 0 Å². The minimum Gasteiger partial charge on any atom is -0.508 e. The van der Waals surface area contributed by atoms with Gasteiger partial charge < -0.3 is 30.6 Å². The molecule has 6 N–H and O–H groups in total. The Morgan fingerprint density at radius 1 is 0.696 bits per heavy atom. The van der Waals surface area contributed by atoms with Crippen LogP contribution in [0.2, 0.25) is 0 Å². The lowest BCUT2D eigenvalue weighted by atomic mass is 9.73. The molecule has 0 aliphatic carbocycles. The highest BCUT2D eigenvalue weighted by molar-refractivity contribution is 5.52. The number of phenolic OH excluding ortho intramolecular Hbond substituents is 1. The van der Waals surface area contributed by atoms with Crippen LogP contribution in [0.4, 0.5) is 0 Å². The van der Waals surface area contributed by atoms with Gasteiger partial charge in [0.05, 0.1) is 31.8 Å². The van der Waals surface area contributed by atoms with E-state index in [0.29, 0.717) is 11.1 Å². The van der Waals surface area contributed by atoms with Gasteiger partial charge in [-0.3, -0.25) is 0 Å². The molecule has 2 aromatic carbocycles. The maximum Gasteiger partial charge on any atom is 0.121 e. The lowest BCUT2D eigenvalue weighted by Crippen LogP contribution is -2.37. The monoisotopic (exact) mass is 320 g/mol. The number of hydrogen-bond acceptors (Lipinski definition) is 6. The molecule has 0 unspecified atom stereocenters. The second-order valence-electron chi connectivity index (χ2n) is 5.35. The highest BCUT2D eigenvalue weighted by atomic mass is 16.3. The van der Waals surface area contributed by atoms with E-state index in [-0.39, 0.29) is 22.6 Å². The topological polar surface area (TPSA) is 121 Å². The highest BCUT2D eigenvalue weighted by Gasteiger charge is 2.36. The van der Waals surface area contributed by atoms with Crippen LogP contribution in [0.25, 0.3) is 0 Å². The van der Waals surface area contributed by atoms with Crippen LogP contribution in [0.3, 0.4) is 0 Å². The zero-order valence-corrected chi connectivity index (χ0v) is 12.5. The van der Waals surface area contributed by atoms with Gasteiger partial charge in [0.25, 0.3) is 0 Å². The first-order valence-corrected chi connectivity index (χ1v) is 7.11. The van der Waals surface area contributed by atoms with Gasteiger partial charge in [0.2, 0.25) is 0 Å². The Morgan fingerprint density at radius 2 is 1.26 bits per heavy atom. The molecule has 0 amide bonds. The van der Waals surface area contributed by atoms with Crippen LogP contribution in [0.1, 0.15) is 22.3 Å². The lowest BCUT2D eigenvalue weighted by molar-refractivity contribution is 0.140. The summed E-state index contributed by atoms with van der Waals surface area (Å²) in [6.07, 6.45) is 0. The van der Waals surface area contributed by atoms with E-state index in [1.807, 2.05) is 0 Å². The zero-order valence-electron chi connectivity index (χ0n) is 12.5. The first kappa shape index (κ1) is 17.2. The van der Waals surface area contributed by atoms with Gasteiger partial charge in [0.1, 0.15) is 11.5 Å². The number of aliphatic hydroxyl groups excluding tert-OH is 4. The van der Waals surface area contributed by atoms with E-state index in [2.05, 4.69) is 0 Å². The minimum absolute atomic E-state index is 0.0441. The van der Waals surface area contributed by atoms with Crippen LogP contribution in [-0.4, -0.2) is 43.9 Å². The fraction of sp³-hybridized carbons (Fsp3) is 0.294. The average molecular weight is 320 g/mol. The molecule has 0 saturated heterocycles. The third-order valence-electron chi connectivity index (χ3n) is 4.20. The van der Waals surface area contributed by atoms with Crippen molar-refractivity contribution in [2.45, 2.75) is 18.6 Å². The molecular weight excluding hydrogens is 300 g/mol. The number of phenols is 2. The average Bonchev–Trinajstić information content (AvgIpc) is 2.58. The summed E-state index contributed by atoms with van der Waals surface area (Å²) in [6.45, 7) is -1.88. The molecule has 0 radical (unpaired) electrons. The Bertz CT molecular complexity index is 662. The second kappa shape index (κ2) is 6.97. The van der Waals surface area contributed by atoms with E-state index < -0.39 is 31.8 Å². The fourth-order valence-corrected chi connectivity index (χ4v) is 2.82. The molecule has 0 bridgehead atoms. The van der Waals surface area contributed by atoms with Crippen molar-refractivity contribution in [3.8, 4) is 11.5 Å². The smallest absolute Gasteiger partial charge is 0.121 e. The van der Waals surface area contributed by atoms with Crippen molar-refractivity contribution in [2.24, 2.45) is 0 Å². The number of aliphatic hydroxyl groups is 4. The Hall–Kier alpha value is -2.12. The van der Waals surface area contributed by atoms with Gasteiger partial charge in [0, 0.05) is 5.56 Å². The third-order valence-corrected chi connectivity index (χ3v) is 4.20. The van der Waals surface area contributed by atoms with E-state index in [1.165, 1.54) is 24.3 Å². The van der Waals surface area contributed by atoms with Gasteiger partial charge in [-0.1, -0.05) is 18.2 Å². The molecule has 2 aromatic rings. The fourth-order valence-electron chi connectivity index (χ4n) is 2.82. The molecule has 6 heteroatoms. The van der Waals surface area contributed by atoms with Crippen LogP contribution in [0.15, 0.2) is 36.4 Å². The first-order valence-electron chi connectivity index (χ1n) is 7.11. The zero-order chi connectivity index (χ0) is 17.0. The maximum atomic E-state index is 9.98. The van der Waals surface area contributed by atoms with E-state index >= 15 is 0 Å². The quantitative estimate of drug-likeness (QED) is 0.457. The van der Waals surface area contributed by atoms with Gasteiger partial charge in [-0.2, -0.15) is 0 Å². The molecule has 0 atom stereocenters. The predicted molar refractivity (Wildman–Crippen MR) is 83.0 cm³/mol. The van der Waals surface area contributed by atoms with Crippen molar-refractivity contribution < 1.29 is 30.6 Å². The van der Waals surface area contributed by atoms with Gasteiger partial charge in [-0.05, 0) is 34.9 Å².